The van der Waals surface area contributed by atoms with E-state index in [1.807, 2.05) is 13.1 Å². The van der Waals surface area contributed by atoms with Crippen molar-refractivity contribution in [1.29, 1.82) is 0 Å². The second-order valence-corrected chi connectivity index (χ2v) is 6.03. The first kappa shape index (κ1) is 13.8. The largest absolute Gasteiger partial charge is 0.369 e. The Bertz CT molecular complexity index is 353. The van der Waals surface area contributed by atoms with Crippen molar-refractivity contribution in [2.75, 3.05) is 17.7 Å². The van der Waals surface area contributed by atoms with Gasteiger partial charge in [-0.15, -0.1) is 11.6 Å². The number of nitrogens with one attached hydrogen (secondary N) is 1. The van der Waals surface area contributed by atoms with Crippen molar-refractivity contribution in [2.24, 2.45) is 5.41 Å². The molecule has 0 saturated carbocycles. The van der Waals surface area contributed by atoms with Gasteiger partial charge in [-0.25, -0.2) is 4.98 Å². The standard InChI is InChI=1S/C12H18BrClN2/c1-9-6-10(13)11(15-7-9)16-8-12(2,3)4-5-14/h6-7H,4-5,8H2,1-3H3,(H,15,16). The molecule has 0 bridgehead atoms. The van der Waals surface area contributed by atoms with Crippen LogP contribution in [0.5, 0.6) is 0 Å². The molecule has 0 aliphatic carbocycles. The fourth-order valence-electron chi connectivity index (χ4n) is 1.33. The third kappa shape index (κ3) is 4.30. The molecule has 16 heavy (non-hydrogen) atoms. The third-order valence-corrected chi connectivity index (χ3v) is 3.28. The topological polar surface area (TPSA) is 24.9 Å². The summed E-state index contributed by atoms with van der Waals surface area (Å²) in [6.07, 6.45) is 2.85. The van der Waals surface area contributed by atoms with Gasteiger partial charge in [0.25, 0.3) is 0 Å². The summed E-state index contributed by atoms with van der Waals surface area (Å²) in [5, 5.41) is 3.35. The molecule has 0 saturated heterocycles. The lowest BCUT2D eigenvalue weighted by molar-refractivity contribution is 0.379. The highest BCUT2D eigenvalue weighted by Crippen LogP contribution is 2.25. The van der Waals surface area contributed by atoms with Gasteiger partial charge in [-0.1, -0.05) is 13.8 Å². The van der Waals surface area contributed by atoms with E-state index < -0.39 is 0 Å². The Labute approximate surface area is 111 Å². The highest BCUT2D eigenvalue weighted by Gasteiger charge is 2.17. The molecule has 90 valence electrons. The smallest absolute Gasteiger partial charge is 0.140 e. The van der Waals surface area contributed by atoms with Crippen LogP contribution >= 0.6 is 27.5 Å². The maximum atomic E-state index is 5.77. The van der Waals surface area contributed by atoms with Gasteiger partial charge in [0.1, 0.15) is 5.82 Å². The van der Waals surface area contributed by atoms with E-state index in [-0.39, 0.29) is 5.41 Å². The number of hydrogen-bond donors (Lipinski definition) is 1. The summed E-state index contributed by atoms with van der Waals surface area (Å²) in [5.41, 5.74) is 1.34. The summed E-state index contributed by atoms with van der Waals surface area (Å²) in [7, 11) is 0. The Morgan fingerprint density at radius 2 is 2.19 bits per heavy atom. The Morgan fingerprint density at radius 1 is 1.50 bits per heavy atom. The zero-order chi connectivity index (χ0) is 12.2. The van der Waals surface area contributed by atoms with E-state index >= 15 is 0 Å². The molecule has 1 N–H and O–H groups in total. The highest BCUT2D eigenvalue weighted by atomic mass is 79.9. The average Bonchev–Trinajstić information content (AvgIpc) is 2.16. The van der Waals surface area contributed by atoms with Gasteiger partial charge in [-0.05, 0) is 46.3 Å². The van der Waals surface area contributed by atoms with Gasteiger partial charge >= 0.3 is 0 Å². The molecular formula is C12H18BrClN2. The Morgan fingerprint density at radius 3 is 2.75 bits per heavy atom. The fraction of sp³-hybridized carbons (Fsp3) is 0.583. The normalized spacial score (nSPS) is 11.6. The van der Waals surface area contributed by atoms with E-state index in [4.69, 9.17) is 11.6 Å². The van der Waals surface area contributed by atoms with Gasteiger partial charge in [0.15, 0.2) is 0 Å². The molecule has 0 spiro atoms. The maximum absolute atomic E-state index is 5.77. The monoisotopic (exact) mass is 304 g/mol. The molecule has 0 fully saturated rings. The van der Waals surface area contributed by atoms with Crippen molar-refractivity contribution in [3.63, 3.8) is 0 Å². The number of pyridine rings is 1. The summed E-state index contributed by atoms with van der Waals surface area (Å²) in [6.45, 7) is 7.29. The van der Waals surface area contributed by atoms with Crippen molar-refractivity contribution < 1.29 is 0 Å². The molecule has 0 unspecified atom stereocenters. The van der Waals surface area contributed by atoms with Gasteiger partial charge < -0.3 is 5.32 Å². The van der Waals surface area contributed by atoms with Crippen LogP contribution in [0, 0.1) is 12.3 Å². The molecule has 1 heterocycles. The molecule has 0 aliphatic heterocycles. The van der Waals surface area contributed by atoms with E-state index in [2.05, 4.69) is 46.1 Å². The zero-order valence-electron chi connectivity index (χ0n) is 9.98. The van der Waals surface area contributed by atoms with Crippen LogP contribution in [0.2, 0.25) is 0 Å². The molecule has 0 amide bonds. The molecule has 0 radical (unpaired) electrons. The first-order valence-corrected chi connectivity index (χ1v) is 6.69. The van der Waals surface area contributed by atoms with Gasteiger partial charge in [-0.2, -0.15) is 0 Å². The van der Waals surface area contributed by atoms with Crippen LogP contribution in [0.4, 0.5) is 5.82 Å². The van der Waals surface area contributed by atoms with Crippen LogP contribution in [-0.2, 0) is 0 Å². The Balaban J connectivity index is 2.61. The summed E-state index contributed by atoms with van der Waals surface area (Å²) < 4.78 is 1.01. The van der Waals surface area contributed by atoms with Crippen molar-refractivity contribution >= 4 is 33.3 Å². The minimum Gasteiger partial charge on any atom is -0.369 e. The van der Waals surface area contributed by atoms with E-state index in [0.29, 0.717) is 5.88 Å². The van der Waals surface area contributed by atoms with Crippen molar-refractivity contribution in [3.8, 4) is 0 Å². The molecular weight excluding hydrogens is 288 g/mol. The molecule has 1 aromatic rings. The zero-order valence-corrected chi connectivity index (χ0v) is 12.3. The lowest BCUT2D eigenvalue weighted by Crippen LogP contribution is -2.24. The second kappa shape index (κ2) is 5.87. The fourth-order valence-corrected chi connectivity index (χ4v) is 2.45. The first-order chi connectivity index (χ1) is 7.44. The number of aromatic nitrogens is 1. The van der Waals surface area contributed by atoms with Gasteiger partial charge in [-0.3, -0.25) is 0 Å². The lowest BCUT2D eigenvalue weighted by Gasteiger charge is -2.24. The quantitative estimate of drug-likeness (QED) is 0.824. The Kier molecular flexibility index (Phi) is 5.06. The van der Waals surface area contributed by atoms with Crippen LogP contribution < -0.4 is 5.32 Å². The summed E-state index contributed by atoms with van der Waals surface area (Å²) in [5.74, 6) is 1.59. The van der Waals surface area contributed by atoms with E-state index in [1.165, 1.54) is 0 Å². The SMILES string of the molecule is Cc1cnc(NCC(C)(C)CCCl)c(Br)c1. The molecule has 0 atom stereocenters. The molecule has 4 heteroatoms. The number of rotatable bonds is 5. The molecule has 1 aromatic heterocycles. The summed E-state index contributed by atoms with van der Waals surface area (Å²) >= 11 is 9.27. The molecule has 0 aliphatic rings. The van der Waals surface area contributed by atoms with Crippen molar-refractivity contribution in [3.05, 3.63) is 22.3 Å². The van der Waals surface area contributed by atoms with Gasteiger partial charge in [0.2, 0.25) is 0 Å². The first-order valence-electron chi connectivity index (χ1n) is 5.36. The number of aryl methyl sites for hydroxylation is 1. The van der Waals surface area contributed by atoms with Crippen LogP contribution in [0.25, 0.3) is 0 Å². The van der Waals surface area contributed by atoms with E-state index in [0.717, 1.165) is 28.8 Å². The number of nitrogens with zero attached hydrogens (tertiary/aromatic N) is 1. The van der Waals surface area contributed by atoms with Crippen LogP contribution in [-0.4, -0.2) is 17.4 Å². The molecule has 0 aromatic carbocycles. The predicted octanol–water partition coefficient (Wildman–Crippen LogP) is 4.22. The summed E-state index contributed by atoms with van der Waals surface area (Å²) in [6, 6.07) is 2.06. The van der Waals surface area contributed by atoms with Crippen molar-refractivity contribution in [2.45, 2.75) is 27.2 Å². The van der Waals surface area contributed by atoms with Crippen LogP contribution in [0.1, 0.15) is 25.8 Å². The molecule has 2 nitrogen and oxygen atoms in total. The van der Waals surface area contributed by atoms with Gasteiger partial charge in [0.05, 0.1) is 4.47 Å². The maximum Gasteiger partial charge on any atom is 0.140 e. The third-order valence-electron chi connectivity index (χ3n) is 2.48. The predicted molar refractivity (Wildman–Crippen MR) is 74.3 cm³/mol. The summed E-state index contributed by atoms with van der Waals surface area (Å²) in [4.78, 5) is 4.35. The van der Waals surface area contributed by atoms with E-state index in [1.54, 1.807) is 0 Å². The second-order valence-electron chi connectivity index (χ2n) is 4.80. The number of halogens is 2. The average molecular weight is 306 g/mol. The number of alkyl halides is 1. The lowest BCUT2D eigenvalue weighted by atomic mass is 9.90. The Hall–Kier alpha value is -0.280. The van der Waals surface area contributed by atoms with Crippen LogP contribution in [0.15, 0.2) is 16.7 Å². The molecule has 1 rings (SSSR count). The highest BCUT2D eigenvalue weighted by molar-refractivity contribution is 9.10. The van der Waals surface area contributed by atoms with E-state index in [9.17, 15) is 0 Å². The number of hydrogen-bond acceptors (Lipinski definition) is 2. The van der Waals surface area contributed by atoms with Crippen LogP contribution in [0.3, 0.4) is 0 Å². The van der Waals surface area contributed by atoms with Gasteiger partial charge in [0, 0.05) is 18.6 Å². The minimum atomic E-state index is 0.188. The van der Waals surface area contributed by atoms with Crippen molar-refractivity contribution in [1.82, 2.24) is 4.98 Å². The number of anilines is 1. The minimum absolute atomic E-state index is 0.188.